The smallest absolute Gasteiger partial charge is 0.307 e. The summed E-state index contributed by atoms with van der Waals surface area (Å²) in [6.07, 6.45) is -4.58. The van der Waals surface area contributed by atoms with Crippen molar-refractivity contribution in [2.45, 2.75) is 18.8 Å². The number of halogens is 5. The Balaban J connectivity index is 3.63. The van der Waals surface area contributed by atoms with Crippen LogP contribution in [0.3, 0.4) is 0 Å². The topological polar surface area (TPSA) is 21.3 Å². The molecule has 0 rings (SSSR count). The molecule has 1 N–H and O–H groups in total. The molecule has 86 valence electrons. The largest absolute Gasteiger partial charge is 0.522 e. The van der Waals surface area contributed by atoms with Gasteiger partial charge in [-0.05, 0) is 6.92 Å². The maximum absolute atomic E-state index is 11.5. The molecule has 0 saturated heterocycles. The zero-order valence-corrected chi connectivity index (χ0v) is 9.14. The Hall–Kier alpha value is 0.290. The predicted octanol–water partition coefficient (Wildman–Crippen LogP) is 2.35. The second kappa shape index (κ2) is 6.00. The Labute approximate surface area is 90.7 Å². The van der Waals surface area contributed by atoms with Gasteiger partial charge in [0.15, 0.2) is 0 Å². The first-order valence-electron chi connectivity index (χ1n) is 3.90. The fourth-order valence-corrected chi connectivity index (χ4v) is 1.12. The van der Waals surface area contributed by atoms with Crippen molar-refractivity contribution < 1.29 is 17.9 Å². The minimum Gasteiger partial charge on any atom is -0.307 e. The van der Waals surface area contributed by atoms with Crippen molar-refractivity contribution in [1.29, 1.82) is 0 Å². The maximum Gasteiger partial charge on any atom is 0.522 e. The first kappa shape index (κ1) is 14.3. The third-order valence-corrected chi connectivity index (χ3v) is 2.69. The van der Waals surface area contributed by atoms with Crippen molar-refractivity contribution in [3.63, 3.8) is 0 Å². The number of rotatable bonds is 6. The van der Waals surface area contributed by atoms with Gasteiger partial charge >= 0.3 is 6.36 Å². The van der Waals surface area contributed by atoms with Gasteiger partial charge in [0, 0.05) is 23.8 Å². The van der Waals surface area contributed by atoms with Crippen LogP contribution in [0.15, 0.2) is 0 Å². The van der Waals surface area contributed by atoms with Crippen LogP contribution in [0.1, 0.15) is 6.92 Å². The highest BCUT2D eigenvalue weighted by Gasteiger charge is 2.29. The summed E-state index contributed by atoms with van der Waals surface area (Å²) >= 11 is 11.1. The summed E-state index contributed by atoms with van der Waals surface area (Å²) in [6.45, 7) is 1.32. The van der Waals surface area contributed by atoms with Crippen LogP contribution >= 0.6 is 23.2 Å². The fourth-order valence-electron chi connectivity index (χ4n) is 0.650. The van der Waals surface area contributed by atoms with Gasteiger partial charge in [0.2, 0.25) is 0 Å². The van der Waals surface area contributed by atoms with E-state index in [4.69, 9.17) is 23.2 Å². The summed E-state index contributed by atoms with van der Waals surface area (Å²) < 4.78 is 38.2. The first-order chi connectivity index (χ1) is 6.33. The van der Waals surface area contributed by atoms with Gasteiger partial charge in [-0.1, -0.05) is 0 Å². The highest BCUT2D eigenvalue weighted by molar-refractivity contribution is 6.22. The van der Waals surface area contributed by atoms with Crippen LogP contribution in [0.2, 0.25) is 0 Å². The molecule has 0 bridgehead atoms. The minimum atomic E-state index is -4.58. The number of ether oxygens (including phenoxy) is 1. The quantitative estimate of drug-likeness (QED) is 0.580. The molecule has 0 aliphatic carbocycles. The SMILES string of the molecule is CC(CCl)(CCl)NCCOC(F)(F)F. The summed E-state index contributed by atoms with van der Waals surface area (Å²) in [6, 6.07) is 0. The van der Waals surface area contributed by atoms with Crippen molar-refractivity contribution >= 4 is 23.2 Å². The van der Waals surface area contributed by atoms with Gasteiger partial charge in [-0.2, -0.15) is 0 Å². The van der Waals surface area contributed by atoms with Gasteiger partial charge in [-0.25, -0.2) is 0 Å². The second-order valence-electron chi connectivity index (χ2n) is 3.05. The normalized spacial score (nSPS) is 13.3. The van der Waals surface area contributed by atoms with Gasteiger partial charge in [0.25, 0.3) is 0 Å². The summed E-state index contributed by atoms with van der Waals surface area (Å²) in [7, 11) is 0. The van der Waals surface area contributed by atoms with Crippen molar-refractivity contribution in [2.75, 3.05) is 24.9 Å². The maximum atomic E-state index is 11.5. The molecule has 2 nitrogen and oxygen atoms in total. The molecular weight excluding hydrogens is 242 g/mol. The highest BCUT2D eigenvalue weighted by Crippen LogP contribution is 2.15. The van der Waals surface area contributed by atoms with E-state index < -0.39 is 18.5 Å². The van der Waals surface area contributed by atoms with Crippen molar-refractivity contribution in [1.82, 2.24) is 5.32 Å². The Morgan fingerprint density at radius 3 is 2.07 bits per heavy atom. The zero-order valence-electron chi connectivity index (χ0n) is 7.63. The molecule has 0 unspecified atom stereocenters. The standard InChI is InChI=1S/C7H12Cl2F3NO/c1-6(4-8,5-9)13-2-3-14-7(10,11)12/h13H,2-5H2,1H3. The molecule has 0 aromatic rings. The molecule has 0 atom stereocenters. The lowest BCUT2D eigenvalue weighted by Gasteiger charge is -2.25. The molecule has 0 heterocycles. The number of hydrogen-bond acceptors (Lipinski definition) is 2. The Morgan fingerprint density at radius 1 is 1.21 bits per heavy atom. The molecule has 0 aliphatic rings. The molecule has 0 saturated carbocycles. The minimum absolute atomic E-state index is 0.0510. The first-order valence-corrected chi connectivity index (χ1v) is 4.97. The average molecular weight is 254 g/mol. The van der Waals surface area contributed by atoms with E-state index in [1.807, 2.05) is 0 Å². The molecule has 0 aliphatic heterocycles. The number of alkyl halides is 5. The lowest BCUT2D eigenvalue weighted by molar-refractivity contribution is -0.323. The van der Waals surface area contributed by atoms with Crippen molar-refractivity contribution in [3.8, 4) is 0 Å². The van der Waals surface area contributed by atoms with E-state index in [1.165, 1.54) is 0 Å². The monoisotopic (exact) mass is 253 g/mol. The average Bonchev–Trinajstić information content (AvgIpc) is 2.11. The van der Waals surface area contributed by atoms with E-state index in [0.717, 1.165) is 0 Å². The molecule has 0 amide bonds. The van der Waals surface area contributed by atoms with Crippen molar-refractivity contribution in [2.24, 2.45) is 0 Å². The molecule has 14 heavy (non-hydrogen) atoms. The zero-order chi connectivity index (χ0) is 11.2. The lowest BCUT2D eigenvalue weighted by Crippen LogP contribution is -2.47. The molecule has 7 heteroatoms. The van der Waals surface area contributed by atoms with E-state index in [1.54, 1.807) is 6.92 Å². The van der Waals surface area contributed by atoms with E-state index in [9.17, 15) is 13.2 Å². The van der Waals surface area contributed by atoms with Crippen LogP contribution in [0.4, 0.5) is 13.2 Å². The molecular formula is C7H12Cl2F3NO. The molecule has 0 aromatic heterocycles. The molecule has 0 aromatic carbocycles. The van der Waals surface area contributed by atoms with Gasteiger partial charge < -0.3 is 5.32 Å². The van der Waals surface area contributed by atoms with Gasteiger partial charge in [0.05, 0.1) is 6.61 Å². The van der Waals surface area contributed by atoms with Crippen LogP contribution in [0.25, 0.3) is 0 Å². The van der Waals surface area contributed by atoms with Crippen LogP contribution in [0.5, 0.6) is 0 Å². The third kappa shape index (κ3) is 6.70. The van der Waals surface area contributed by atoms with E-state index in [-0.39, 0.29) is 18.3 Å². The van der Waals surface area contributed by atoms with Crippen molar-refractivity contribution in [3.05, 3.63) is 0 Å². The van der Waals surface area contributed by atoms with Gasteiger partial charge in [0.1, 0.15) is 0 Å². The predicted molar refractivity (Wildman–Crippen MR) is 49.9 cm³/mol. The molecule has 0 spiro atoms. The van der Waals surface area contributed by atoms with E-state index in [0.29, 0.717) is 0 Å². The lowest BCUT2D eigenvalue weighted by atomic mass is 10.1. The van der Waals surface area contributed by atoms with Crippen LogP contribution in [0, 0.1) is 0 Å². The second-order valence-corrected chi connectivity index (χ2v) is 3.58. The van der Waals surface area contributed by atoms with Gasteiger partial charge in [-0.3, -0.25) is 4.74 Å². The number of nitrogens with one attached hydrogen (secondary N) is 1. The van der Waals surface area contributed by atoms with E-state index in [2.05, 4.69) is 10.1 Å². The summed E-state index contributed by atoms with van der Waals surface area (Å²) in [5.74, 6) is 0.449. The summed E-state index contributed by atoms with van der Waals surface area (Å²) in [5.41, 5.74) is -0.557. The van der Waals surface area contributed by atoms with Crippen LogP contribution in [-0.4, -0.2) is 36.8 Å². The highest BCUT2D eigenvalue weighted by atomic mass is 35.5. The van der Waals surface area contributed by atoms with E-state index >= 15 is 0 Å². The third-order valence-electron chi connectivity index (χ3n) is 1.51. The Kier molecular flexibility index (Phi) is 6.12. The Morgan fingerprint density at radius 2 is 1.71 bits per heavy atom. The fraction of sp³-hybridized carbons (Fsp3) is 1.00. The molecule has 0 radical (unpaired) electrons. The summed E-state index contributed by atoms with van der Waals surface area (Å²) in [5, 5.41) is 2.78. The summed E-state index contributed by atoms with van der Waals surface area (Å²) in [4.78, 5) is 0. The van der Waals surface area contributed by atoms with Crippen LogP contribution < -0.4 is 5.32 Å². The van der Waals surface area contributed by atoms with Crippen LogP contribution in [-0.2, 0) is 4.74 Å². The Bertz CT molecular complexity index is 162. The number of hydrogen-bond donors (Lipinski definition) is 1. The molecule has 0 fully saturated rings. The van der Waals surface area contributed by atoms with Gasteiger partial charge in [-0.15, -0.1) is 36.4 Å².